The minimum Gasteiger partial charge on any atom is -0.381 e. The van der Waals surface area contributed by atoms with E-state index in [4.69, 9.17) is 9.72 Å². The van der Waals surface area contributed by atoms with Crippen molar-refractivity contribution in [2.45, 2.75) is 44.9 Å². The van der Waals surface area contributed by atoms with Gasteiger partial charge in [0.2, 0.25) is 0 Å². The number of methoxy groups -OCH3 is 1. The van der Waals surface area contributed by atoms with Crippen LogP contribution >= 0.6 is 11.3 Å². The van der Waals surface area contributed by atoms with Crippen molar-refractivity contribution < 1.29 is 4.74 Å². The van der Waals surface area contributed by atoms with Crippen molar-refractivity contribution in [3.05, 3.63) is 40.2 Å². The van der Waals surface area contributed by atoms with Crippen molar-refractivity contribution in [3.63, 3.8) is 0 Å². The molecule has 1 heterocycles. The number of nitrogens with one attached hydrogen (secondary N) is 1. The Balaban J connectivity index is 1.83. The molecule has 1 unspecified atom stereocenters. The zero-order valence-corrected chi connectivity index (χ0v) is 13.5. The number of rotatable bonds is 7. The third-order valence-electron chi connectivity index (χ3n) is 3.78. The molecule has 3 nitrogen and oxygen atoms in total. The van der Waals surface area contributed by atoms with Gasteiger partial charge in [-0.25, -0.2) is 4.98 Å². The highest BCUT2D eigenvalue weighted by Crippen LogP contribution is 2.30. The predicted molar refractivity (Wildman–Crippen MR) is 87.6 cm³/mol. The lowest BCUT2D eigenvalue weighted by molar-refractivity contribution is 0.119. The number of nitrogens with zero attached hydrogens (tertiary/aromatic N) is 1. The summed E-state index contributed by atoms with van der Waals surface area (Å²) in [5, 5.41) is 4.77. The molecule has 0 amide bonds. The Bertz CT molecular complexity index is 578. The van der Waals surface area contributed by atoms with E-state index in [1.54, 1.807) is 7.11 Å². The Labute approximate surface area is 130 Å². The van der Waals surface area contributed by atoms with Gasteiger partial charge in [0, 0.05) is 36.6 Å². The van der Waals surface area contributed by atoms with Crippen molar-refractivity contribution in [1.29, 1.82) is 0 Å². The molecule has 1 saturated carbocycles. The number of benzene rings is 1. The highest BCUT2D eigenvalue weighted by atomic mass is 32.1. The van der Waals surface area contributed by atoms with Gasteiger partial charge in [0.05, 0.1) is 16.8 Å². The summed E-state index contributed by atoms with van der Waals surface area (Å²) >= 11 is 1.81. The number of hydrogen-bond donors (Lipinski definition) is 1. The molecule has 4 heteroatoms. The molecule has 0 saturated heterocycles. The third kappa shape index (κ3) is 3.90. The molecule has 0 bridgehead atoms. The maximum absolute atomic E-state index is 5.37. The van der Waals surface area contributed by atoms with E-state index in [0.29, 0.717) is 0 Å². The van der Waals surface area contributed by atoms with Gasteiger partial charge in [-0.15, -0.1) is 11.3 Å². The largest absolute Gasteiger partial charge is 0.381 e. The van der Waals surface area contributed by atoms with Crippen LogP contribution in [0.15, 0.2) is 30.3 Å². The SMILES string of the molecule is COC(C)Cc1nc(-c2ccccc2)c(CNC2CC2)s1. The normalized spacial score (nSPS) is 16.1. The maximum atomic E-state index is 5.37. The molecule has 1 N–H and O–H groups in total. The van der Waals surface area contributed by atoms with Crippen LogP contribution in [0.2, 0.25) is 0 Å². The van der Waals surface area contributed by atoms with E-state index in [2.05, 4.69) is 36.5 Å². The van der Waals surface area contributed by atoms with E-state index in [0.717, 1.165) is 29.7 Å². The predicted octanol–water partition coefficient (Wildman–Crippen LogP) is 3.64. The van der Waals surface area contributed by atoms with Crippen molar-refractivity contribution in [3.8, 4) is 11.3 Å². The molecule has 2 aromatic rings. The van der Waals surface area contributed by atoms with Crippen LogP contribution in [0.1, 0.15) is 29.7 Å². The first-order valence-corrected chi connectivity index (χ1v) is 8.38. The van der Waals surface area contributed by atoms with Gasteiger partial charge in [0.1, 0.15) is 0 Å². The summed E-state index contributed by atoms with van der Waals surface area (Å²) in [6.45, 7) is 3.01. The first kappa shape index (κ1) is 14.7. The Morgan fingerprint density at radius 3 is 2.76 bits per heavy atom. The molecule has 112 valence electrons. The van der Waals surface area contributed by atoms with Gasteiger partial charge in [-0.05, 0) is 19.8 Å². The summed E-state index contributed by atoms with van der Waals surface area (Å²) in [6.07, 6.45) is 3.72. The standard InChI is InChI=1S/C17H22N2OS/c1-12(20-2)10-16-19-17(13-6-4-3-5-7-13)15(21-16)11-18-14-8-9-14/h3-7,12,14,18H,8-11H2,1-2H3. The fourth-order valence-electron chi connectivity index (χ4n) is 2.28. The fourth-order valence-corrected chi connectivity index (χ4v) is 3.44. The van der Waals surface area contributed by atoms with Crippen molar-refractivity contribution in [2.75, 3.05) is 7.11 Å². The molecule has 21 heavy (non-hydrogen) atoms. The van der Waals surface area contributed by atoms with Crippen LogP contribution in [0.3, 0.4) is 0 Å². The molecule has 3 rings (SSSR count). The Hall–Kier alpha value is -1.23. The minimum atomic E-state index is 0.212. The van der Waals surface area contributed by atoms with Gasteiger partial charge in [0.15, 0.2) is 0 Å². The van der Waals surface area contributed by atoms with Gasteiger partial charge in [0.25, 0.3) is 0 Å². The number of hydrogen-bond acceptors (Lipinski definition) is 4. The Morgan fingerprint density at radius 1 is 1.33 bits per heavy atom. The minimum absolute atomic E-state index is 0.212. The number of thiazole rings is 1. The van der Waals surface area contributed by atoms with Crippen LogP contribution in [0.5, 0.6) is 0 Å². The Morgan fingerprint density at radius 2 is 2.10 bits per heavy atom. The molecule has 1 aromatic carbocycles. The van der Waals surface area contributed by atoms with Crippen molar-refractivity contribution >= 4 is 11.3 Å². The van der Waals surface area contributed by atoms with E-state index in [-0.39, 0.29) is 6.10 Å². The number of aromatic nitrogens is 1. The Kier molecular flexibility index (Phi) is 4.68. The van der Waals surface area contributed by atoms with E-state index in [1.165, 1.54) is 23.3 Å². The van der Waals surface area contributed by atoms with Gasteiger partial charge in [-0.3, -0.25) is 0 Å². The summed E-state index contributed by atoms with van der Waals surface area (Å²) < 4.78 is 5.37. The number of ether oxygens (including phenoxy) is 1. The summed E-state index contributed by atoms with van der Waals surface area (Å²) in [7, 11) is 1.76. The summed E-state index contributed by atoms with van der Waals surface area (Å²) in [4.78, 5) is 6.20. The smallest absolute Gasteiger partial charge is 0.0961 e. The van der Waals surface area contributed by atoms with E-state index in [1.807, 2.05) is 17.4 Å². The van der Waals surface area contributed by atoms with Crippen molar-refractivity contribution in [1.82, 2.24) is 10.3 Å². The first-order valence-electron chi connectivity index (χ1n) is 7.56. The van der Waals surface area contributed by atoms with Crippen LogP contribution < -0.4 is 5.32 Å². The lowest BCUT2D eigenvalue weighted by Gasteiger charge is -2.05. The van der Waals surface area contributed by atoms with Crippen LogP contribution in [-0.2, 0) is 17.7 Å². The average Bonchev–Trinajstić information content (AvgIpc) is 3.26. The monoisotopic (exact) mass is 302 g/mol. The quantitative estimate of drug-likeness (QED) is 0.848. The van der Waals surface area contributed by atoms with Gasteiger partial charge in [-0.1, -0.05) is 30.3 Å². The molecule has 1 aliphatic carbocycles. The zero-order valence-electron chi connectivity index (χ0n) is 12.6. The van der Waals surface area contributed by atoms with Crippen LogP contribution in [0, 0.1) is 0 Å². The summed E-state index contributed by atoms with van der Waals surface area (Å²) in [5.74, 6) is 0. The lowest BCUT2D eigenvalue weighted by Crippen LogP contribution is -2.14. The molecule has 0 spiro atoms. The van der Waals surface area contributed by atoms with Gasteiger partial charge in [-0.2, -0.15) is 0 Å². The summed E-state index contributed by atoms with van der Waals surface area (Å²) in [5.41, 5.74) is 2.34. The molecule has 1 fully saturated rings. The topological polar surface area (TPSA) is 34.1 Å². The first-order chi connectivity index (χ1) is 10.3. The molecule has 1 aromatic heterocycles. The van der Waals surface area contributed by atoms with Crippen LogP contribution in [0.4, 0.5) is 0 Å². The van der Waals surface area contributed by atoms with Gasteiger partial charge >= 0.3 is 0 Å². The highest BCUT2D eigenvalue weighted by Gasteiger charge is 2.22. The lowest BCUT2D eigenvalue weighted by atomic mass is 10.1. The fraction of sp³-hybridized carbons (Fsp3) is 0.471. The summed E-state index contributed by atoms with van der Waals surface area (Å²) in [6, 6.07) is 11.2. The van der Waals surface area contributed by atoms with Gasteiger partial charge < -0.3 is 10.1 Å². The molecule has 0 radical (unpaired) electrons. The van der Waals surface area contributed by atoms with Crippen LogP contribution in [-0.4, -0.2) is 24.2 Å². The zero-order chi connectivity index (χ0) is 14.7. The second-order valence-corrected chi connectivity index (χ2v) is 6.82. The molecule has 0 aliphatic heterocycles. The third-order valence-corrected chi connectivity index (χ3v) is 4.86. The molecular formula is C17H22N2OS. The molecule has 1 aliphatic rings. The van der Waals surface area contributed by atoms with E-state index in [9.17, 15) is 0 Å². The van der Waals surface area contributed by atoms with Crippen molar-refractivity contribution in [2.24, 2.45) is 0 Å². The second-order valence-electron chi connectivity index (χ2n) is 5.65. The van der Waals surface area contributed by atoms with E-state index >= 15 is 0 Å². The highest BCUT2D eigenvalue weighted by molar-refractivity contribution is 7.12. The van der Waals surface area contributed by atoms with E-state index < -0.39 is 0 Å². The van der Waals surface area contributed by atoms with Crippen LogP contribution in [0.25, 0.3) is 11.3 Å². The average molecular weight is 302 g/mol. The second kappa shape index (κ2) is 6.69. The maximum Gasteiger partial charge on any atom is 0.0961 e. The molecule has 1 atom stereocenters. The molecular weight excluding hydrogens is 280 g/mol.